The third-order valence-electron chi connectivity index (χ3n) is 10.4. The van der Waals surface area contributed by atoms with Crippen LogP contribution in [-0.4, -0.2) is 40.8 Å². The summed E-state index contributed by atoms with van der Waals surface area (Å²) in [7, 11) is 0. The molecule has 1 aromatic carbocycles. The minimum Gasteiger partial charge on any atom is -0.454 e. The van der Waals surface area contributed by atoms with Gasteiger partial charge in [0.2, 0.25) is 0 Å². The highest BCUT2D eigenvalue weighted by Crippen LogP contribution is 2.66. The van der Waals surface area contributed by atoms with Gasteiger partial charge in [0, 0.05) is 11.5 Å². The topological polar surface area (TPSA) is 117 Å². The predicted molar refractivity (Wildman–Crippen MR) is 156 cm³/mol. The van der Waals surface area contributed by atoms with E-state index in [2.05, 4.69) is 38.2 Å². The number of rotatable bonds is 7. The average molecular weight is 550 g/mol. The van der Waals surface area contributed by atoms with Crippen LogP contribution >= 0.6 is 0 Å². The summed E-state index contributed by atoms with van der Waals surface area (Å²) < 4.78 is 5.21. The van der Waals surface area contributed by atoms with Crippen molar-refractivity contribution in [1.82, 2.24) is 0 Å². The minimum absolute atomic E-state index is 0. The molecule has 7 nitrogen and oxygen atoms in total. The van der Waals surface area contributed by atoms with E-state index >= 15 is 0 Å². The number of hydrogen-bond acceptors (Lipinski definition) is 6. The van der Waals surface area contributed by atoms with Gasteiger partial charge in [0.1, 0.15) is 0 Å². The second-order valence-corrected chi connectivity index (χ2v) is 12.6. The number of carbonyl (C=O) groups is 2. The van der Waals surface area contributed by atoms with Crippen molar-refractivity contribution in [2.45, 2.75) is 71.8 Å². The molecule has 0 aromatic heterocycles. The van der Waals surface area contributed by atoms with Gasteiger partial charge in [-0.3, -0.25) is 4.79 Å². The third-order valence-corrected chi connectivity index (χ3v) is 10.4. The molecular formula is C33H43NO6. The number of Topliss-reactive ketones (excluding diaryl/α,β-unsaturated/α-hetero) is 1. The van der Waals surface area contributed by atoms with Gasteiger partial charge in [0.05, 0.1) is 11.8 Å². The zero-order valence-corrected chi connectivity index (χ0v) is 23.9. The van der Waals surface area contributed by atoms with E-state index in [0.717, 1.165) is 49.8 Å². The fourth-order valence-corrected chi connectivity index (χ4v) is 8.44. The molecule has 3 N–H and O–H groups in total. The summed E-state index contributed by atoms with van der Waals surface area (Å²) in [6.07, 6.45) is 9.62. The van der Waals surface area contributed by atoms with Gasteiger partial charge in [-0.2, -0.15) is 0 Å². The average Bonchev–Trinajstić information content (AvgIpc) is 3.26. The van der Waals surface area contributed by atoms with Gasteiger partial charge in [-0.05, 0) is 104 Å². The summed E-state index contributed by atoms with van der Waals surface area (Å²) in [4.78, 5) is 30.8. The van der Waals surface area contributed by atoms with E-state index in [-0.39, 0.29) is 40.5 Å². The smallest absolute Gasteiger partial charge is 0.333 e. The first-order valence-electron chi connectivity index (χ1n) is 14.3. The maximum absolute atomic E-state index is 13.2. The lowest BCUT2D eigenvalue weighted by molar-refractivity contribution is -0.152. The van der Waals surface area contributed by atoms with Gasteiger partial charge in [0.25, 0.3) is 0 Å². The number of aliphatic hydroxyl groups is 1. The molecule has 0 aliphatic heterocycles. The Morgan fingerprint density at radius 3 is 2.55 bits per heavy atom. The van der Waals surface area contributed by atoms with Gasteiger partial charge in [0.15, 0.2) is 18.1 Å². The lowest BCUT2D eigenvalue weighted by Crippen LogP contribution is -2.57. The molecule has 1 aromatic rings. The number of fused-ring (bicyclic) bond motifs is 5. The van der Waals surface area contributed by atoms with Crippen LogP contribution in [0.25, 0.3) is 6.08 Å². The number of nitrogens with zero attached hydrogens (tertiary/aromatic N) is 1. The van der Waals surface area contributed by atoms with Crippen molar-refractivity contribution in [2.24, 2.45) is 39.7 Å². The molecule has 0 spiro atoms. The first-order chi connectivity index (χ1) is 18.6. The monoisotopic (exact) mass is 549 g/mol. The molecule has 4 aliphatic carbocycles. The maximum atomic E-state index is 13.2. The zero-order chi connectivity index (χ0) is 27.9. The molecule has 40 heavy (non-hydrogen) atoms. The highest BCUT2D eigenvalue weighted by Gasteiger charge is 2.62. The number of benzene rings is 1. The normalized spacial score (nSPS) is 35.2. The Hall–Kier alpha value is -3.03. The Bertz CT molecular complexity index is 1230. The zero-order valence-electron chi connectivity index (χ0n) is 23.9. The van der Waals surface area contributed by atoms with Crippen LogP contribution in [0.1, 0.15) is 71.3 Å². The lowest BCUT2D eigenvalue weighted by Gasteiger charge is -2.59. The first-order valence-corrected chi connectivity index (χ1v) is 14.3. The second kappa shape index (κ2) is 11.5. The molecule has 6 unspecified atom stereocenters. The van der Waals surface area contributed by atoms with Crippen molar-refractivity contribution in [3.05, 3.63) is 60.2 Å². The number of oxime groups is 1. The second-order valence-electron chi connectivity index (χ2n) is 12.6. The van der Waals surface area contributed by atoms with Crippen LogP contribution in [0, 0.1) is 34.5 Å². The summed E-state index contributed by atoms with van der Waals surface area (Å²) in [5.74, 6) is 0.873. The summed E-state index contributed by atoms with van der Waals surface area (Å²) in [5, 5.41) is 16.1. The van der Waals surface area contributed by atoms with Crippen LogP contribution in [0.2, 0.25) is 0 Å². The number of esters is 1. The molecule has 0 bridgehead atoms. The number of ketones is 1. The number of allylic oxidation sites excluding steroid dienone is 2. The van der Waals surface area contributed by atoms with Crippen LogP contribution in [0.15, 0.2) is 59.8 Å². The van der Waals surface area contributed by atoms with Gasteiger partial charge < -0.3 is 20.2 Å². The Morgan fingerprint density at radius 1 is 1.15 bits per heavy atom. The van der Waals surface area contributed by atoms with Crippen LogP contribution in [-0.2, 0) is 14.3 Å². The maximum Gasteiger partial charge on any atom is 0.333 e. The lowest BCUT2D eigenvalue weighted by atomic mass is 9.46. The molecule has 0 heterocycles. The molecule has 216 valence electrons. The fourth-order valence-electron chi connectivity index (χ4n) is 8.44. The van der Waals surface area contributed by atoms with E-state index in [1.54, 1.807) is 13.0 Å². The van der Waals surface area contributed by atoms with Gasteiger partial charge >= 0.3 is 5.97 Å². The molecule has 3 fully saturated rings. The van der Waals surface area contributed by atoms with Gasteiger partial charge in [-0.15, -0.1) is 0 Å². The van der Waals surface area contributed by atoms with E-state index in [0.29, 0.717) is 29.6 Å². The van der Waals surface area contributed by atoms with Crippen molar-refractivity contribution < 1.29 is 29.7 Å². The number of carbonyl (C=O) groups excluding carboxylic acids is 2. The van der Waals surface area contributed by atoms with Crippen molar-refractivity contribution in [1.29, 1.82) is 0 Å². The Kier molecular flexibility index (Phi) is 8.57. The largest absolute Gasteiger partial charge is 0.454 e. The summed E-state index contributed by atoms with van der Waals surface area (Å²) in [5.41, 5.74) is 3.27. The van der Waals surface area contributed by atoms with Crippen LogP contribution in [0.5, 0.6) is 5.75 Å². The van der Waals surface area contributed by atoms with Crippen molar-refractivity contribution >= 4 is 23.5 Å². The summed E-state index contributed by atoms with van der Waals surface area (Å²) in [6, 6.07) is 7.69. The van der Waals surface area contributed by atoms with Gasteiger partial charge in [-0.25, -0.2) is 4.79 Å². The Labute approximate surface area is 237 Å². The molecule has 5 rings (SSSR count). The van der Waals surface area contributed by atoms with E-state index in [1.807, 2.05) is 24.3 Å². The molecular weight excluding hydrogens is 506 g/mol. The van der Waals surface area contributed by atoms with E-state index < -0.39 is 12.1 Å². The fraction of sp³-hybridized carbons (Fsp3) is 0.545. The molecule has 7 heteroatoms. The van der Waals surface area contributed by atoms with Crippen LogP contribution in [0.4, 0.5) is 0 Å². The molecule has 4 aliphatic rings. The predicted octanol–water partition coefficient (Wildman–Crippen LogP) is 5.48. The molecule has 0 saturated heterocycles. The van der Waals surface area contributed by atoms with E-state index in [4.69, 9.17) is 9.57 Å². The van der Waals surface area contributed by atoms with E-state index in [9.17, 15) is 14.7 Å². The summed E-state index contributed by atoms with van der Waals surface area (Å²) in [6.45, 7) is 13.3. The molecule has 3 saturated carbocycles. The molecule has 0 amide bonds. The summed E-state index contributed by atoms with van der Waals surface area (Å²) >= 11 is 0. The van der Waals surface area contributed by atoms with Crippen molar-refractivity contribution in [2.75, 3.05) is 6.61 Å². The highest BCUT2D eigenvalue weighted by atomic mass is 16.6. The standard InChI is InChI=1S/C33H41NO5.H2O/c1-6-21-7-10-24(11-8-21)39-34-23-15-16-32(4)22(17-23)9-12-25-26-13-14-27(29(36)19-38-31(37)20(2)3)33(26,5)18-28(35)30(25)32;/h6-8,10-11,17,25-28,30,35H,1-2,9,12-16,18-19H2,3-5H3;1H2/b34-23-;/t25?,26?,27-,28?,30?,32?,33?;/m1./s1. The minimum atomic E-state index is -0.525. The Morgan fingerprint density at radius 2 is 1.88 bits per heavy atom. The van der Waals surface area contributed by atoms with Gasteiger partial charge in [-0.1, -0.05) is 55.9 Å². The van der Waals surface area contributed by atoms with E-state index in [1.165, 1.54) is 5.57 Å². The third kappa shape index (κ3) is 5.21. The van der Waals surface area contributed by atoms with Crippen molar-refractivity contribution in [3.8, 4) is 5.75 Å². The number of ether oxygens (including phenoxy) is 1. The SMILES string of the molecule is C=Cc1ccc(O/N=C2\C=C3CCC4C(C(O)CC5(C)C4CC[C@@H]5C(=O)COC(=O)C(=C)C)C3(C)CC2)cc1.O. The highest BCUT2D eigenvalue weighted by molar-refractivity contribution is 5.96. The first kappa shape index (κ1) is 29.9. The van der Waals surface area contributed by atoms with Crippen LogP contribution < -0.4 is 4.84 Å². The molecule has 0 radical (unpaired) electrons. The quantitative estimate of drug-likeness (QED) is 0.275. The molecule has 7 atom stereocenters. The van der Waals surface area contributed by atoms with Crippen LogP contribution in [0.3, 0.4) is 0 Å². The Balaban J connectivity index is 0.00000370. The van der Waals surface area contributed by atoms with Crippen molar-refractivity contribution in [3.63, 3.8) is 0 Å². The number of aliphatic hydroxyl groups excluding tert-OH is 1. The number of hydrogen-bond donors (Lipinski definition) is 1.